The van der Waals surface area contributed by atoms with Crippen LogP contribution in [0.3, 0.4) is 0 Å². The zero-order valence-corrected chi connectivity index (χ0v) is 7.04. The number of aromatic nitrogens is 2. The smallest absolute Gasteiger partial charge is 0.200 e. The molecule has 0 aromatic carbocycles. The molecule has 0 saturated heterocycles. The molecular formula is C5H7N5S. The third kappa shape index (κ3) is 1.89. The molecule has 1 heterocycles. The van der Waals surface area contributed by atoms with Crippen LogP contribution >= 0.6 is 11.5 Å². The Morgan fingerprint density at radius 3 is 2.82 bits per heavy atom. The molecule has 0 spiro atoms. The standard InChI is InChI=1S/C5H7N5S/c1-3(2)4-7-5(8-10-6)11-9-4/h3H,1-2H3. The third-order valence-electron chi connectivity index (χ3n) is 1.08. The fraction of sp³-hybridized carbons (Fsp3) is 0.600. The van der Waals surface area contributed by atoms with Crippen molar-refractivity contribution in [1.29, 1.82) is 0 Å². The summed E-state index contributed by atoms with van der Waals surface area (Å²) < 4.78 is 4.00. The molecule has 6 heteroatoms. The van der Waals surface area contributed by atoms with Crippen molar-refractivity contribution in [3.8, 4) is 0 Å². The summed E-state index contributed by atoms with van der Waals surface area (Å²) in [4.78, 5) is 6.60. The summed E-state index contributed by atoms with van der Waals surface area (Å²) in [6, 6.07) is 0. The Balaban J connectivity index is 2.90. The van der Waals surface area contributed by atoms with Gasteiger partial charge in [0, 0.05) is 10.8 Å². The Morgan fingerprint density at radius 1 is 1.64 bits per heavy atom. The highest BCUT2D eigenvalue weighted by molar-refractivity contribution is 7.09. The minimum Gasteiger partial charge on any atom is -0.218 e. The molecule has 1 rings (SSSR count). The van der Waals surface area contributed by atoms with Gasteiger partial charge in [-0.2, -0.15) is 4.37 Å². The van der Waals surface area contributed by atoms with Crippen LogP contribution in [0.1, 0.15) is 25.6 Å². The van der Waals surface area contributed by atoms with Crippen molar-refractivity contribution in [3.63, 3.8) is 0 Å². The van der Waals surface area contributed by atoms with E-state index >= 15 is 0 Å². The largest absolute Gasteiger partial charge is 0.218 e. The molecule has 0 unspecified atom stereocenters. The van der Waals surface area contributed by atoms with Crippen molar-refractivity contribution in [1.82, 2.24) is 9.36 Å². The van der Waals surface area contributed by atoms with Gasteiger partial charge in [-0.15, -0.1) is 0 Å². The van der Waals surface area contributed by atoms with Crippen LogP contribution in [0.2, 0.25) is 0 Å². The van der Waals surface area contributed by atoms with Crippen LogP contribution in [0.25, 0.3) is 10.4 Å². The Kier molecular flexibility index (Phi) is 2.40. The first-order valence-electron chi connectivity index (χ1n) is 3.12. The maximum absolute atomic E-state index is 8.06. The van der Waals surface area contributed by atoms with Gasteiger partial charge in [-0.1, -0.05) is 13.8 Å². The van der Waals surface area contributed by atoms with E-state index in [1.54, 1.807) is 0 Å². The highest BCUT2D eigenvalue weighted by Crippen LogP contribution is 2.19. The molecular weight excluding hydrogens is 162 g/mol. The molecule has 0 N–H and O–H groups in total. The molecule has 0 aliphatic heterocycles. The Labute approximate surface area is 67.9 Å². The minimum atomic E-state index is 0.286. The van der Waals surface area contributed by atoms with E-state index in [2.05, 4.69) is 19.4 Å². The van der Waals surface area contributed by atoms with E-state index in [-0.39, 0.29) is 5.92 Å². The maximum atomic E-state index is 8.06. The van der Waals surface area contributed by atoms with Gasteiger partial charge in [-0.25, -0.2) is 4.98 Å². The number of hydrogen-bond donors (Lipinski definition) is 0. The molecule has 0 saturated carbocycles. The van der Waals surface area contributed by atoms with Gasteiger partial charge in [-0.05, 0) is 22.2 Å². The zero-order valence-electron chi connectivity index (χ0n) is 6.22. The van der Waals surface area contributed by atoms with E-state index in [9.17, 15) is 0 Å². The predicted molar refractivity (Wildman–Crippen MR) is 42.8 cm³/mol. The second kappa shape index (κ2) is 3.32. The van der Waals surface area contributed by atoms with Crippen LogP contribution in [0.4, 0.5) is 5.13 Å². The van der Waals surface area contributed by atoms with Gasteiger partial charge in [-0.3, -0.25) is 0 Å². The molecule has 0 atom stereocenters. The molecule has 58 valence electrons. The molecule has 11 heavy (non-hydrogen) atoms. The van der Waals surface area contributed by atoms with E-state index < -0.39 is 0 Å². The molecule has 0 fully saturated rings. The van der Waals surface area contributed by atoms with Crippen molar-refractivity contribution in [2.75, 3.05) is 0 Å². The first kappa shape index (κ1) is 7.97. The number of hydrogen-bond acceptors (Lipinski definition) is 4. The van der Waals surface area contributed by atoms with E-state index in [1.165, 1.54) is 0 Å². The first-order valence-corrected chi connectivity index (χ1v) is 3.90. The molecule has 5 nitrogen and oxygen atoms in total. The summed E-state index contributed by atoms with van der Waals surface area (Å²) in [6.07, 6.45) is 0. The summed E-state index contributed by atoms with van der Waals surface area (Å²) in [5.74, 6) is 1.02. The second-order valence-electron chi connectivity index (χ2n) is 2.28. The summed E-state index contributed by atoms with van der Waals surface area (Å²) >= 11 is 1.12. The van der Waals surface area contributed by atoms with E-state index in [0.717, 1.165) is 17.4 Å². The lowest BCUT2D eigenvalue weighted by atomic mass is 10.2. The van der Waals surface area contributed by atoms with E-state index in [1.807, 2.05) is 13.8 Å². The van der Waals surface area contributed by atoms with Crippen molar-refractivity contribution in [2.24, 2.45) is 5.11 Å². The lowest BCUT2D eigenvalue weighted by molar-refractivity contribution is 0.799. The lowest BCUT2D eigenvalue weighted by Crippen LogP contribution is -1.87. The fourth-order valence-electron chi connectivity index (χ4n) is 0.540. The van der Waals surface area contributed by atoms with Gasteiger partial charge in [0.15, 0.2) is 5.13 Å². The molecule has 0 bridgehead atoms. The van der Waals surface area contributed by atoms with Crippen LogP contribution in [0.15, 0.2) is 5.11 Å². The number of rotatable bonds is 2. The molecule has 1 aromatic rings. The Hall–Kier alpha value is -1.13. The number of nitrogens with zero attached hydrogens (tertiary/aromatic N) is 5. The van der Waals surface area contributed by atoms with Crippen molar-refractivity contribution >= 4 is 16.7 Å². The highest BCUT2D eigenvalue weighted by atomic mass is 32.1. The lowest BCUT2D eigenvalue weighted by Gasteiger charge is -1.92. The topological polar surface area (TPSA) is 74.5 Å². The molecule has 0 radical (unpaired) electrons. The van der Waals surface area contributed by atoms with Gasteiger partial charge >= 0.3 is 0 Å². The molecule has 0 amide bonds. The first-order chi connectivity index (χ1) is 5.24. The average Bonchev–Trinajstić information content (AvgIpc) is 2.37. The molecule has 0 aliphatic rings. The van der Waals surface area contributed by atoms with Crippen molar-refractivity contribution in [3.05, 3.63) is 16.3 Å². The Bertz CT molecular complexity index is 285. The average molecular weight is 169 g/mol. The molecule has 1 aromatic heterocycles. The fourth-order valence-corrected chi connectivity index (χ4v) is 1.17. The number of azide groups is 1. The monoisotopic (exact) mass is 169 g/mol. The van der Waals surface area contributed by atoms with E-state index in [4.69, 9.17) is 5.53 Å². The summed E-state index contributed by atoms with van der Waals surface area (Å²) in [7, 11) is 0. The van der Waals surface area contributed by atoms with Crippen molar-refractivity contribution in [2.45, 2.75) is 19.8 Å². The van der Waals surface area contributed by atoms with Crippen LogP contribution in [0.5, 0.6) is 0 Å². The maximum Gasteiger partial charge on any atom is 0.200 e. The van der Waals surface area contributed by atoms with Gasteiger partial charge in [0.2, 0.25) is 0 Å². The van der Waals surface area contributed by atoms with E-state index in [0.29, 0.717) is 5.13 Å². The van der Waals surface area contributed by atoms with Crippen LogP contribution in [0, 0.1) is 0 Å². The SMILES string of the molecule is CC(C)c1nsc(N=[N+]=[N-])n1. The highest BCUT2D eigenvalue weighted by Gasteiger charge is 2.05. The summed E-state index contributed by atoms with van der Waals surface area (Å²) in [5.41, 5.74) is 8.06. The van der Waals surface area contributed by atoms with Gasteiger partial charge < -0.3 is 0 Å². The predicted octanol–water partition coefficient (Wildman–Crippen LogP) is 2.60. The van der Waals surface area contributed by atoms with Gasteiger partial charge in [0.1, 0.15) is 5.82 Å². The minimum absolute atomic E-state index is 0.286. The van der Waals surface area contributed by atoms with Gasteiger partial charge in [0.05, 0.1) is 0 Å². The Morgan fingerprint density at radius 2 is 2.36 bits per heavy atom. The third-order valence-corrected chi connectivity index (χ3v) is 1.69. The summed E-state index contributed by atoms with van der Waals surface area (Å²) in [6.45, 7) is 3.98. The van der Waals surface area contributed by atoms with Crippen LogP contribution in [-0.2, 0) is 0 Å². The molecule has 0 aliphatic carbocycles. The summed E-state index contributed by atoms with van der Waals surface area (Å²) in [5, 5.41) is 3.72. The quantitative estimate of drug-likeness (QED) is 0.387. The second-order valence-corrected chi connectivity index (χ2v) is 3.01. The zero-order chi connectivity index (χ0) is 8.27. The van der Waals surface area contributed by atoms with Crippen molar-refractivity contribution < 1.29 is 0 Å². The van der Waals surface area contributed by atoms with Gasteiger partial charge in [0.25, 0.3) is 0 Å². The van der Waals surface area contributed by atoms with Crippen LogP contribution < -0.4 is 0 Å². The van der Waals surface area contributed by atoms with Crippen LogP contribution in [-0.4, -0.2) is 9.36 Å². The normalized spacial score (nSPS) is 9.73.